The number of carbonyl (C=O) groups excluding carboxylic acids is 2. The highest BCUT2D eigenvalue weighted by atomic mass is 19.4. The van der Waals surface area contributed by atoms with Gasteiger partial charge in [-0.3, -0.25) is 4.79 Å². The maximum Gasteiger partial charge on any atom is 0.416 e. The number of aromatic nitrogens is 2. The van der Waals surface area contributed by atoms with Crippen LogP contribution in [0, 0.1) is 0 Å². The van der Waals surface area contributed by atoms with Crippen molar-refractivity contribution in [3.63, 3.8) is 0 Å². The van der Waals surface area contributed by atoms with Crippen molar-refractivity contribution in [2.45, 2.75) is 19.8 Å². The Morgan fingerprint density at radius 1 is 1.10 bits per heavy atom. The first-order chi connectivity index (χ1) is 14.3. The van der Waals surface area contributed by atoms with Crippen molar-refractivity contribution < 1.29 is 32.2 Å². The van der Waals surface area contributed by atoms with Crippen LogP contribution in [-0.4, -0.2) is 64.4 Å². The second kappa shape index (κ2) is 9.06. The molecule has 0 saturated carbocycles. The Kier molecular flexibility index (Phi) is 6.48. The predicted molar refractivity (Wildman–Crippen MR) is 98.8 cm³/mol. The van der Waals surface area contributed by atoms with Crippen molar-refractivity contribution in [3.05, 3.63) is 47.8 Å². The fourth-order valence-corrected chi connectivity index (χ4v) is 2.92. The fraction of sp³-hybridized carbons (Fsp3) is 0.421. The summed E-state index contributed by atoms with van der Waals surface area (Å²) in [5.74, 6) is -0.250. The maximum atomic E-state index is 12.8. The first kappa shape index (κ1) is 21.5. The number of ether oxygens (including phenoxy) is 2. The van der Waals surface area contributed by atoms with Gasteiger partial charge in [0.25, 0.3) is 5.91 Å². The molecule has 1 aromatic heterocycles. The topological polar surface area (TPSA) is 76.9 Å². The number of alkyl halides is 3. The first-order valence-electron chi connectivity index (χ1n) is 9.32. The average Bonchev–Trinajstić information content (AvgIpc) is 3.21. The molecule has 2 aromatic rings. The van der Waals surface area contributed by atoms with Gasteiger partial charge in [0, 0.05) is 32.4 Å². The van der Waals surface area contributed by atoms with Crippen LogP contribution in [0.4, 0.5) is 18.0 Å². The van der Waals surface area contributed by atoms with Gasteiger partial charge < -0.3 is 19.3 Å². The summed E-state index contributed by atoms with van der Waals surface area (Å²) >= 11 is 0. The zero-order chi connectivity index (χ0) is 21.7. The van der Waals surface area contributed by atoms with Gasteiger partial charge in [-0.1, -0.05) is 6.07 Å². The minimum absolute atomic E-state index is 0.0447. The smallest absolute Gasteiger partial charge is 0.416 e. The molecule has 1 aromatic carbocycles. The number of amides is 2. The summed E-state index contributed by atoms with van der Waals surface area (Å²) in [5.41, 5.74) is -0.620. The first-order valence-corrected chi connectivity index (χ1v) is 9.32. The molecule has 8 nitrogen and oxygen atoms in total. The van der Waals surface area contributed by atoms with Gasteiger partial charge in [0.15, 0.2) is 12.4 Å². The molecule has 0 aliphatic carbocycles. The Hall–Kier alpha value is -3.24. The quantitative estimate of drug-likeness (QED) is 0.735. The molecule has 11 heteroatoms. The van der Waals surface area contributed by atoms with Crippen LogP contribution in [0.3, 0.4) is 0 Å². The maximum absolute atomic E-state index is 12.8. The van der Waals surface area contributed by atoms with E-state index in [1.165, 1.54) is 34.0 Å². The third-order valence-corrected chi connectivity index (χ3v) is 4.48. The van der Waals surface area contributed by atoms with E-state index >= 15 is 0 Å². The van der Waals surface area contributed by atoms with Gasteiger partial charge in [-0.2, -0.15) is 18.3 Å². The van der Waals surface area contributed by atoms with Gasteiger partial charge in [-0.15, -0.1) is 0 Å². The third-order valence-electron chi connectivity index (χ3n) is 4.48. The highest BCUT2D eigenvalue weighted by Crippen LogP contribution is 2.31. The second-order valence-electron chi connectivity index (χ2n) is 6.52. The van der Waals surface area contributed by atoms with E-state index in [9.17, 15) is 22.8 Å². The summed E-state index contributed by atoms with van der Waals surface area (Å²) in [6.45, 7) is 3.30. The van der Waals surface area contributed by atoms with Crippen LogP contribution in [0.5, 0.6) is 5.75 Å². The molecule has 0 spiro atoms. The molecule has 0 bridgehead atoms. The van der Waals surface area contributed by atoms with Crippen LogP contribution in [-0.2, 0) is 17.6 Å². The lowest BCUT2D eigenvalue weighted by Gasteiger charge is -2.33. The Balaban J connectivity index is 1.54. The summed E-state index contributed by atoms with van der Waals surface area (Å²) in [6.07, 6.45) is -3.35. The molecule has 1 aliphatic rings. The van der Waals surface area contributed by atoms with Crippen LogP contribution in [0.1, 0.15) is 23.0 Å². The van der Waals surface area contributed by atoms with Crippen LogP contribution < -0.4 is 4.74 Å². The van der Waals surface area contributed by atoms with Crippen LogP contribution in [0.15, 0.2) is 36.5 Å². The van der Waals surface area contributed by atoms with Gasteiger partial charge in [-0.05, 0) is 31.2 Å². The molecule has 2 heterocycles. The van der Waals surface area contributed by atoms with E-state index in [2.05, 4.69) is 5.10 Å². The van der Waals surface area contributed by atoms with Crippen molar-refractivity contribution in [3.8, 4) is 5.75 Å². The summed E-state index contributed by atoms with van der Waals surface area (Å²) in [7, 11) is 0. The van der Waals surface area contributed by atoms with E-state index < -0.39 is 17.8 Å². The van der Waals surface area contributed by atoms with E-state index in [4.69, 9.17) is 9.47 Å². The number of halogens is 3. The molecular weight excluding hydrogens is 405 g/mol. The van der Waals surface area contributed by atoms with E-state index in [1.54, 1.807) is 11.8 Å². The number of carbonyl (C=O) groups is 2. The average molecular weight is 426 g/mol. The third kappa shape index (κ3) is 5.22. The van der Waals surface area contributed by atoms with E-state index in [1.807, 2.05) is 0 Å². The highest BCUT2D eigenvalue weighted by Gasteiger charge is 2.30. The molecule has 1 aliphatic heterocycles. The van der Waals surface area contributed by atoms with Crippen molar-refractivity contribution in [1.82, 2.24) is 19.6 Å². The molecule has 0 atom stereocenters. The lowest BCUT2D eigenvalue weighted by atomic mass is 10.2. The Morgan fingerprint density at radius 3 is 2.47 bits per heavy atom. The molecule has 0 radical (unpaired) electrons. The van der Waals surface area contributed by atoms with Gasteiger partial charge >= 0.3 is 12.3 Å². The highest BCUT2D eigenvalue weighted by molar-refractivity contribution is 5.92. The lowest BCUT2D eigenvalue weighted by Crippen LogP contribution is -2.50. The predicted octanol–water partition coefficient (Wildman–Crippen LogP) is 2.85. The number of benzene rings is 1. The molecule has 3 rings (SSSR count). The summed E-state index contributed by atoms with van der Waals surface area (Å²) in [4.78, 5) is 27.4. The van der Waals surface area contributed by atoms with Crippen molar-refractivity contribution in [2.75, 3.05) is 32.8 Å². The second-order valence-corrected chi connectivity index (χ2v) is 6.52. The Bertz CT molecular complexity index is 892. The number of piperazine rings is 1. The molecule has 162 valence electrons. The Labute approximate surface area is 170 Å². The molecule has 1 saturated heterocycles. The van der Waals surface area contributed by atoms with Gasteiger partial charge in [-0.25, -0.2) is 9.48 Å². The molecule has 30 heavy (non-hydrogen) atoms. The van der Waals surface area contributed by atoms with E-state index in [0.717, 1.165) is 12.1 Å². The summed E-state index contributed by atoms with van der Waals surface area (Å²) in [6, 6.07) is 6.04. The zero-order valence-electron chi connectivity index (χ0n) is 16.3. The number of nitrogens with zero attached hydrogens (tertiary/aromatic N) is 4. The fourth-order valence-electron chi connectivity index (χ4n) is 2.92. The number of hydrogen-bond donors (Lipinski definition) is 0. The molecule has 1 fully saturated rings. The zero-order valence-corrected chi connectivity index (χ0v) is 16.3. The van der Waals surface area contributed by atoms with Crippen LogP contribution in [0.25, 0.3) is 0 Å². The lowest BCUT2D eigenvalue weighted by molar-refractivity contribution is -0.137. The van der Waals surface area contributed by atoms with E-state index in [-0.39, 0.29) is 30.7 Å². The largest absolute Gasteiger partial charge is 0.471 e. The van der Waals surface area contributed by atoms with Crippen LogP contribution in [0.2, 0.25) is 0 Å². The van der Waals surface area contributed by atoms with Gasteiger partial charge in [0.1, 0.15) is 5.75 Å². The van der Waals surface area contributed by atoms with Crippen molar-refractivity contribution >= 4 is 12.0 Å². The minimum atomic E-state index is -4.46. The van der Waals surface area contributed by atoms with Crippen LogP contribution >= 0.6 is 0 Å². The van der Waals surface area contributed by atoms with Gasteiger partial charge in [0.2, 0.25) is 0 Å². The SMILES string of the molecule is CCOC(=O)N1CCN(C(=O)c2ccn(COc3cccc(C(F)(F)F)c3)n2)CC1. The normalized spacial score (nSPS) is 14.5. The van der Waals surface area contributed by atoms with Gasteiger partial charge in [0.05, 0.1) is 12.2 Å². The van der Waals surface area contributed by atoms with Crippen molar-refractivity contribution in [2.24, 2.45) is 0 Å². The Morgan fingerprint density at radius 2 is 1.80 bits per heavy atom. The summed E-state index contributed by atoms with van der Waals surface area (Å²) in [5, 5.41) is 4.13. The number of rotatable bonds is 5. The number of hydrogen-bond acceptors (Lipinski definition) is 5. The minimum Gasteiger partial charge on any atom is -0.471 e. The molecule has 0 unspecified atom stereocenters. The van der Waals surface area contributed by atoms with Crippen molar-refractivity contribution in [1.29, 1.82) is 0 Å². The molecule has 0 N–H and O–H groups in total. The standard InChI is InChI=1S/C19H21F3N4O4/c1-2-29-18(28)25-10-8-24(9-11-25)17(27)16-6-7-26(23-16)13-30-15-5-3-4-14(12-15)19(20,21)22/h3-7,12H,2,8-11,13H2,1H3. The summed E-state index contributed by atoms with van der Waals surface area (Å²) < 4.78 is 49.9. The monoisotopic (exact) mass is 426 g/mol. The molecule has 2 amide bonds. The molecular formula is C19H21F3N4O4. The van der Waals surface area contributed by atoms with E-state index in [0.29, 0.717) is 26.2 Å².